The molecule has 2 rings (SSSR count). The Hall–Kier alpha value is -1.87. The number of nitrogen functional groups attached to an aromatic ring is 1. The molecule has 0 aliphatic carbocycles. The van der Waals surface area contributed by atoms with Gasteiger partial charge in [-0.25, -0.2) is 4.39 Å². The molecule has 2 nitrogen and oxygen atoms in total. The summed E-state index contributed by atoms with van der Waals surface area (Å²) in [4.78, 5) is 12.1. The summed E-state index contributed by atoms with van der Waals surface area (Å²) >= 11 is 5.69. The molecule has 2 aromatic carbocycles. The third-order valence-corrected chi connectivity index (χ3v) is 3.23. The summed E-state index contributed by atoms with van der Waals surface area (Å²) in [6.45, 7) is 1.85. The topological polar surface area (TPSA) is 43.1 Å². The molecule has 0 heterocycles. The number of ketones is 1. The second-order valence-corrected chi connectivity index (χ2v) is 4.83. The van der Waals surface area contributed by atoms with Crippen molar-refractivity contribution in [2.45, 2.75) is 13.3 Å². The zero-order chi connectivity index (χ0) is 14.0. The number of carbonyl (C=O) groups is 1. The number of anilines is 1. The van der Waals surface area contributed by atoms with Gasteiger partial charge in [-0.3, -0.25) is 4.79 Å². The van der Waals surface area contributed by atoms with Crippen LogP contribution in [0.4, 0.5) is 10.1 Å². The highest BCUT2D eigenvalue weighted by molar-refractivity contribution is 6.30. The summed E-state index contributed by atoms with van der Waals surface area (Å²) in [5, 5.41) is 0.0267. The van der Waals surface area contributed by atoms with Gasteiger partial charge in [0.05, 0.1) is 5.02 Å². The predicted octanol–water partition coefficient (Wildman–Crippen LogP) is 3.80. The van der Waals surface area contributed by atoms with Gasteiger partial charge in [0, 0.05) is 17.7 Å². The van der Waals surface area contributed by atoms with Gasteiger partial charge in [0.2, 0.25) is 0 Å². The summed E-state index contributed by atoms with van der Waals surface area (Å²) in [6.07, 6.45) is 0.184. The Bertz CT molecular complexity index is 640. The number of Topliss-reactive ketones (excluding diaryl/α,β-unsaturated/α-hetero) is 1. The van der Waals surface area contributed by atoms with Gasteiger partial charge in [-0.2, -0.15) is 0 Å². The lowest BCUT2D eigenvalue weighted by Gasteiger charge is -2.05. The van der Waals surface area contributed by atoms with E-state index in [-0.39, 0.29) is 17.2 Å². The number of halogens is 2. The molecule has 2 N–H and O–H groups in total. The summed E-state index contributed by atoms with van der Waals surface area (Å²) in [5.74, 6) is -0.535. The van der Waals surface area contributed by atoms with E-state index in [9.17, 15) is 9.18 Å². The molecule has 0 aliphatic heterocycles. The Morgan fingerprint density at radius 1 is 1.26 bits per heavy atom. The summed E-state index contributed by atoms with van der Waals surface area (Å²) in [5.41, 5.74) is 8.50. The quantitative estimate of drug-likeness (QED) is 0.685. The lowest BCUT2D eigenvalue weighted by molar-refractivity contribution is 0.0993. The number of aryl methyl sites for hydroxylation is 1. The van der Waals surface area contributed by atoms with E-state index in [1.54, 1.807) is 24.3 Å². The summed E-state index contributed by atoms with van der Waals surface area (Å²) in [7, 11) is 0. The van der Waals surface area contributed by atoms with Gasteiger partial charge in [-0.05, 0) is 48.4 Å². The van der Waals surface area contributed by atoms with Crippen molar-refractivity contribution < 1.29 is 9.18 Å². The molecule has 4 heteroatoms. The molecule has 0 bridgehead atoms. The lowest BCUT2D eigenvalue weighted by atomic mass is 10.0. The maximum atomic E-state index is 13.0. The molecule has 98 valence electrons. The fourth-order valence-corrected chi connectivity index (χ4v) is 1.99. The number of hydrogen-bond acceptors (Lipinski definition) is 2. The van der Waals surface area contributed by atoms with Crippen LogP contribution < -0.4 is 5.73 Å². The van der Waals surface area contributed by atoms with Crippen LogP contribution in [-0.2, 0) is 6.42 Å². The van der Waals surface area contributed by atoms with Crippen LogP contribution in [0.15, 0.2) is 36.4 Å². The van der Waals surface area contributed by atoms with Crippen LogP contribution in [0.5, 0.6) is 0 Å². The third kappa shape index (κ3) is 3.12. The summed E-state index contributed by atoms with van der Waals surface area (Å²) in [6, 6.07) is 9.44. The van der Waals surface area contributed by atoms with Crippen LogP contribution in [0, 0.1) is 12.7 Å². The molecule has 2 aromatic rings. The van der Waals surface area contributed by atoms with Crippen molar-refractivity contribution in [3.63, 3.8) is 0 Å². The average Bonchev–Trinajstić information content (AvgIpc) is 2.37. The van der Waals surface area contributed by atoms with Crippen molar-refractivity contribution in [3.05, 3.63) is 63.9 Å². The molecule has 0 aromatic heterocycles. The minimum atomic E-state index is -0.485. The maximum absolute atomic E-state index is 13.0. The number of hydrogen-bond donors (Lipinski definition) is 1. The number of rotatable bonds is 3. The van der Waals surface area contributed by atoms with Gasteiger partial charge in [0.15, 0.2) is 5.78 Å². The first-order valence-corrected chi connectivity index (χ1v) is 6.18. The van der Waals surface area contributed by atoms with Crippen LogP contribution >= 0.6 is 11.6 Å². The first-order valence-electron chi connectivity index (χ1n) is 5.80. The average molecular weight is 278 g/mol. The minimum Gasteiger partial charge on any atom is -0.399 e. The van der Waals surface area contributed by atoms with Gasteiger partial charge in [0.1, 0.15) is 5.82 Å². The smallest absolute Gasteiger partial charge is 0.167 e. The standard InChI is InChI=1S/C15H13ClFNO/c1-9-6-11(3-5-14(9)18)15(19)8-10-2-4-13(17)12(16)7-10/h2-7H,8,18H2,1H3. The number of nitrogens with two attached hydrogens (primary N) is 1. The first-order chi connectivity index (χ1) is 8.97. The van der Waals surface area contributed by atoms with Crippen molar-refractivity contribution in [1.29, 1.82) is 0 Å². The van der Waals surface area contributed by atoms with Crippen molar-refractivity contribution in [2.75, 3.05) is 5.73 Å². The van der Waals surface area contributed by atoms with E-state index in [1.807, 2.05) is 6.92 Å². The van der Waals surface area contributed by atoms with Gasteiger partial charge in [-0.15, -0.1) is 0 Å². The fourth-order valence-electron chi connectivity index (χ4n) is 1.79. The van der Waals surface area contributed by atoms with Gasteiger partial charge in [-0.1, -0.05) is 17.7 Å². The second-order valence-electron chi connectivity index (χ2n) is 4.42. The Balaban J connectivity index is 2.20. The highest BCUT2D eigenvalue weighted by Gasteiger charge is 2.09. The highest BCUT2D eigenvalue weighted by atomic mass is 35.5. The number of benzene rings is 2. The van der Waals surface area contributed by atoms with Crippen LogP contribution in [0.25, 0.3) is 0 Å². The van der Waals surface area contributed by atoms with E-state index in [1.165, 1.54) is 12.1 Å². The third-order valence-electron chi connectivity index (χ3n) is 2.94. The van der Waals surface area contributed by atoms with E-state index in [2.05, 4.69) is 0 Å². The highest BCUT2D eigenvalue weighted by Crippen LogP contribution is 2.19. The fraction of sp³-hybridized carbons (Fsp3) is 0.133. The molecular weight excluding hydrogens is 265 g/mol. The predicted molar refractivity (Wildman–Crippen MR) is 75.0 cm³/mol. The lowest BCUT2D eigenvalue weighted by Crippen LogP contribution is -2.05. The van der Waals surface area contributed by atoms with Crippen molar-refractivity contribution in [2.24, 2.45) is 0 Å². The molecule has 19 heavy (non-hydrogen) atoms. The van der Waals surface area contributed by atoms with E-state index < -0.39 is 5.82 Å². The van der Waals surface area contributed by atoms with Crippen LogP contribution in [-0.4, -0.2) is 5.78 Å². The summed E-state index contributed by atoms with van der Waals surface area (Å²) < 4.78 is 13.0. The molecule has 0 saturated carbocycles. The Kier molecular flexibility index (Phi) is 3.86. The Morgan fingerprint density at radius 3 is 2.63 bits per heavy atom. The molecule has 0 aliphatic rings. The van der Waals surface area contributed by atoms with Crippen LogP contribution in [0.2, 0.25) is 5.02 Å². The zero-order valence-corrected chi connectivity index (χ0v) is 11.2. The van der Waals surface area contributed by atoms with E-state index in [0.717, 1.165) is 5.56 Å². The Morgan fingerprint density at radius 2 is 2.00 bits per heavy atom. The molecular formula is C15H13ClFNO. The monoisotopic (exact) mass is 277 g/mol. The maximum Gasteiger partial charge on any atom is 0.167 e. The molecule has 0 radical (unpaired) electrons. The second kappa shape index (κ2) is 5.41. The molecule has 0 spiro atoms. The largest absolute Gasteiger partial charge is 0.399 e. The van der Waals surface area contributed by atoms with E-state index >= 15 is 0 Å². The SMILES string of the molecule is Cc1cc(C(=O)Cc2ccc(F)c(Cl)c2)ccc1N. The van der Waals surface area contributed by atoms with Gasteiger partial charge in [0.25, 0.3) is 0 Å². The van der Waals surface area contributed by atoms with Crippen molar-refractivity contribution in [3.8, 4) is 0 Å². The van der Waals surface area contributed by atoms with E-state index in [0.29, 0.717) is 16.8 Å². The number of carbonyl (C=O) groups excluding carboxylic acids is 1. The van der Waals surface area contributed by atoms with Crippen molar-refractivity contribution >= 4 is 23.1 Å². The van der Waals surface area contributed by atoms with Crippen LogP contribution in [0.1, 0.15) is 21.5 Å². The van der Waals surface area contributed by atoms with Crippen molar-refractivity contribution in [1.82, 2.24) is 0 Å². The normalized spacial score (nSPS) is 10.5. The van der Waals surface area contributed by atoms with Crippen LogP contribution in [0.3, 0.4) is 0 Å². The molecule has 0 saturated heterocycles. The molecule has 0 fully saturated rings. The van der Waals surface area contributed by atoms with Gasteiger partial charge >= 0.3 is 0 Å². The Labute approximate surface area is 116 Å². The molecule has 0 amide bonds. The zero-order valence-electron chi connectivity index (χ0n) is 10.4. The molecule has 0 atom stereocenters. The first kappa shape index (κ1) is 13.6. The molecule has 0 unspecified atom stereocenters. The van der Waals surface area contributed by atoms with E-state index in [4.69, 9.17) is 17.3 Å². The minimum absolute atomic E-state index is 0.0267. The van der Waals surface area contributed by atoms with Gasteiger partial charge < -0.3 is 5.73 Å².